The molecule has 0 aromatic carbocycles. The molecule has 1 saturated carbocycles. The van der Waals surface area contributed by atoms with Crippen LogP contribution in [-0.4, -0.2) is 61.7 Å². The molecular formula is C13H24N4. The molecular weight excluding hydrogens is 212 g/mol. The molecule has 1 heterocycles. The Labute approximate surface area is 105 Å². The highest BCUT2D eigenvalue weighted by Gasteiger charge is 2.37. The van der Waals surface area contributed by atoms with E-state index in [4.69, 9.17) is 0 Å². The van der Waals surface area contributed by atoms with Gasteiger partial charge in [0.1, 0.15) is 5.54 Å². The lowest BCUT2D eigenvalue weighted by atomic mass is 9.79. The molecule has 17 heavy (non-hydrogen) atoms. The maximum Gasteiger partial charge on any atom is 0.108 e. The van der Waals surface area contributed by atoms with Gasteiger partial charge in [-0.1, -0.05) is 0 Å². The Morgan fingerprint density at radius 2 is 2.00 bits per heavy atom. The summed E-state index contributed by atoms with van der Waals surface area (Å²) in [5, 5.41) is 12.6. The minimum absolute atomic E-state index is 0.272. The lowest BCUT2D eigenvalue weighted by Gasteiger charge is -2.44. The van der Waals surface area contributed by atoms with Crippen molar-refractivity contribution in [3.05, 3.63) is 0 Å². The highest BCUT2D eigenvalue weighted by molar-refractivity contribution is 5.10. The molecule has 0 amide bonds. The third-order valence-corrected chi connectivity index (χ3v) is 4.47. The van der Waals surface area contributed by atoms with E-state index in [9.17, 15) is 5.26 Å². The molecule has 2 aliphatic rings. The van der Waals surface area contributed by atoms with Gasteiger partial charge in [0, 0.05) is 32.2 Å². The average Bonchev–Trinajstić information content (AvgIpc) is 2.39. The highest BCUT2D eigenvalue weighted by Crippen LogP contribution is 2.31. The van der Waals surface area contributed by atoms with Gasteiger partial charge in [0.15, 0.2) is 0 Å². The Hall–Kier alpha value is -0.630. The summed E-state index contributed by atoms with van der Waals surface area (Å²) in [6.07, 6.45) is 4.42. The Morgan fingerprint density at radius 1 is 1.29 bits per heavy atom. The van der Waals surface area contributed by atoms with Crippen LogP contribution in [0.5, 0.6) is 0 Å². The number of likely N-dealkylation sites (N-methyl/N-ethyl adjacent to an activating group) is 1. The number of hydrogen-bond donors (Lipinski definition) is 1. The van der Waals surface area contributed by atoms with Gasteiger partial charge < -0.3 is 10.2 Å². The molecule has 0 bridgehead atoms. The molecule has 0 aromatic heterocycles. The topological polar surface area (TPSA) is 42.3 Å². The fraction of sp³-hybridized carbons (Fsp3) is 0.923. The van der Waals surface area contributed by atoms with Crippen LogP contribution in [0.15, 0.2) is 0 Å². The molecule has 1 N–H and O–H groups in total. The molecule has 0 spiro atoms. The number of rotatable bonds is 2. The molecule has 1 aliphatic heterocycles. The first-order valence-corrected chi connectivity index (χ1v) is 6.72. The number of piperazine rings is 1. The van der Waals surface area contributed by atoms with Crippen LogP contribution < -0.4 is 5.32 Å². The van der Waals surface area contributed by atoms with Crippen LogP contribution in [0.25, 0.3) is 0 Å². The van der Waals surface area contributed by atoms with Crippen molar-refractivity contribution in [1.29, 1.82) is 5.26 Å². The van der Waals surface area contributed by atoms with E-state index in [1.807, 2.05) is 7.05 Å². The van der Waals surface area contributed by atoms with Gasteiger partial charge in [0.2, 0.25) is 0 Å². The lowest BCUT2D eigenvalue weighted by Crippen LogP contribution is -2.55. The second-order valence-corrected chi connectivity index (χ2v) is 5.53. The predicted molar refractivity (Wildman–Crippen MR) is 68.7 cm³/mol. The quantitative estimate of drug-likeness (QED) is 0.765. The summed E-state index contributed by atoms with van der Waals surface area (Å²) in [6.45, 7) is 4.64. The third-order valence-electron chi connectivity index (χ3n) is 4.47. The van der Waals surface area contributed by atoms with Crippen LogP contribution in [0.4, 0.5) is 0 Å². The molecule has 4 nitrogen and oxygen atoms in total. The van der Waals surface area contributed by atoms with Gasteiger partial charge in [-0.05, 0) is 39.8 Å². The van der Waals surface area contributed by atoms with Crippen LogP contribution in [0.3, 0.4) is 0 Å². The molecule has 0 radical (unpaired) electrons. The van der Waals surface area contributed by atoms with Crippen molar-refractivity contribution in [2.45, 2.75) is 37.3 Å². The van der Waals surface area contributed by atoms with Crippen molar-refractivity contribution >= 4 is 0 Å². The summed E-state index contributed by atoms with van der Waals surface area (Å²) in [4.78, 5) is 4.97. The van der Waals surface area contributed by atoms with E-state index in [-0.39, 0.29) is 5.54 Å². The van der Waals surface area contributed by atoms with Gasteiger partial charge in [-0.2, -0.15) is 5.26 Å². The normalized spacial score (nSPS) is 36.6. The Balaban J connectivity index is 1.95. The predicted octanol–water partition coefficient (Wildman–Crippen LogP) is 0.658. The Morgan fingerprint density at radius 3 is 2.59 bits per heavy atom. The van der Waals surface area contributed by atoms with E-state index in [1.54, 1.807) is 0 Å². The van der Waals surface area contributed by atoms with Crippen LogP contribution in [0.2, 0.25) is 0 Å². The molecule has 2 fully saturated rings. The van der Waals surface area contributed by atoms with Crippen molar-refractivity contribution in [2.75, 3.05) is 40.3 Å². The van der Waals surface area contributed by atoms with Crippen molar-refractivity contribution in [3.63, 3.8) is 0 Å². The van der Waals surface area contributed by atoms with Crippen molar-refractivity contribution in [2.24, 2.45) is 0 Å². The summed E-state index contributed by atoms with van der Waals surface area (Å²) in [5.41, 5.74) is -0.272. The summed E-state index contributed by atoms with van der Waals surface area (Å²) in [5.74, 6) is 0. The van der Waals surface area contributed by atoms with E-state index in [0.717, 1.165) is 39.0 Å². The van der Waals surface area contributed by atoms with Gasteiger partial charge in [0.25, 0.3) is 0 Å². The maximum atomic E-state index is 9.36. The maximum absolute atomic E-state index is 9.36. The van der Waals surface area contributed by atoms with E-state index in [2.05, 4.69) is 28.2 Å². The van der Waals surface area contributed by atoms with E-state index in [1.165, 1.54) is 12.8 Å². The van der Waals surface area contributed by atoms with Gasteiger partial charge in [-0.3, -0.25) is 4.90 Å². The van der Waals surface area contributed by atoms with Crippen LogP contribution in [0.1, 0.15) is 25.7 Å². The summed E-state index contributed by atoms with van der Waals surface area (Å²) in [6, 6.07) is 3.10. The largest absolute Gasteiger partial charge is 0.304 e. The first-order chi connectivity index (χ1) is 8.19. The first-order valence-electron chi connectivity index (χ1n) is 6.72. The monoisotopic (exact) mass is 236 g/mol. The Bertz CT molecular complexity index is 290. The van der Waals surface area contributed by atoms with Crippen molar-refractivity contribution in [3.8, 4) is 6.07 Å². The smallest absolute Gasteiger partial charge is 0.108 e. The fourth-order valence-corrected chi connectivity index (χ4v) is 3.13. The molecule has 4 heteroatoms. The summed E-state index contributed by atoms with van der Waals surface area (Å²) < 4.78 is 0. The van der Waals surface area contributed by atoms with Crippen LogP contribution in [0, 0.1) is 11.3 Å². The van der Waals surface area contributed by atoms with Gasteiger partial charge >= 0.3 is 0 Å². The highest BCUT2D eigenvalue weighted by atomic mass is 15.3. The lowest BCUT2D eigenvalue weighted by molar-refractivity contribution is 0.0737. The van der Waals surface area contributed by atoms with E-state index < -0.39 is 0 Å². The summed E-state index contributed by atoms with van der Waals surface area (Å²) >= 11 is 0. The summed E-state index contributed by atoms with van der Waals surface area (Å²) in [7, 11) is 4.11. The van der Waals surface area contributed by atoms with Gasteiger partial charge in [-0.25, -0.2) is 0 Å². The van der Waals surface area contributed by atoms with Gasteiger partial charge in [0.05, 0.1) is 6.07 Å². The van der Waals surface area contributed by atoms with Crippen LogP contribution in [-0.2, 0) is 0 Å². The Kier molecular flexibility index (Phi) is 4.03. The zero-order valence-electron chi connectivity index (χ0n) is 11.1. The number of hydrogen-bond acceptors (Lipinski definition) is 4. The minimum atomic E-state index is -0.272. The first kappa shape index (κ1) is 12.8. The van der Waals surface area contributed by atoms with Gasteiger partial charge in [-0.15, -0.1) is 0 Å². The molecule has 2 unspecified atom stereocenters. The fourth-order valence-electron chi connectivity index (χ4n) is 3.13. The standard InChI is InChI=1S/C13H24N4/c1-15-13(11-14)5-3-4-12(10-13)17-8-6-16(2)7-9-17/h12,15H,3-10H2,1-2H3. The SMILES string of the molecule is CNC1(C#N)CCCC(N2CCN(C)CC2)C1. The van der Waals surface area contributed by atoms with Crippen molar-refractivity contribution < 1.29 is 0 Å². The molecule has 1 aliphatic carbocycles. The van der Waals surface area contributed by atoms with Crippen LogP contribution >= 0.6 is 0 Å². The second kappa shape index (κ2) is 5.34. The van der Waals surface area contributed by atoms with Crippen molar-refractivity contribution in [1.82, 2.24) is 15.1 Å². The average molecular weight is 236 g/mol. The number of nitrogens with one attached hydrogen (secondary N) is 1. The zero-order valence-corrected chi connectivity index (χ0v) is 11.1. The molecule has 1 saturated heterocycles. The minimum Gasteiger partial charge on any atom is -0.304 e. The van der Waals surface area contributed by atoms with E-state index >= 15 is 0 Å². The molecule has 96 valence electrons. The second-order valence-electron chi connectivity index (χ2n) is 5.53. The number of nitrogens with zero attached hydrogens (tertiary/aromatic N) is 3. The zero-order chi connectivity index (χ0) is 12.3. The molecule has 2 rings (SSSR count). The molecule has 0 aromatic rings. The van der Waals surface area contributed by atoms with E-state index in [0.29, 0.717) is 6.04 Å². The number of nitriles is 1. The molecule has 2 atom stereocenters. The third kappa shape index (κ3) is 2.79.